The third kappa shape index (κ3) is 1.97. The Morgan fingerprint density at radius 2 is 2.33 bits per heavy atom. The van der Waals surface area contributed by atoms with Gasteiger partial charge in [-0.25, -0.2) is 0 Å². The zero-order valence-electron chi connectivity index (χ0n) is 7.34. The van der Waals surface area contributed by atoms with E-state index in [0.29, 0.717) is 0 Å². The van der Waals surface area contributed by atoms with Crippen molar-refractivity contribution in [1.29, 1.82) is 5.26 Å². The van der Waals surface area contributed by atoms with Gasteiger partial charge in [-0.1, -0.05) is 13.3 Å². The minimum atomic E-state index is 0.0567. The van der Waals surface area contributed by atoms with E-state index in [4.69, 9.17) is 5.26 Å². The van der Waals surface area contributed by atoms with E-state index in [1.165, 1.54) is 6.42 Å². The van der Waals surface area contributed by atoms with Crippen LogP contribution in [-0.2, 0) is 4.79 Å². The molecule has 12 heavy (non-hydrogen) atoms. The molecule has 0 heterocycles. The Bertz CT molecular complexity index is 201. The second-order valence-electron chi connectivity index (χ2n) is 3.32. The van der Waals surface area contributed by atoms with Gasteiger partial charge in [0, 0.05) is 5.92 Å². The van der Waals surface area contributed by atoms with Crippen LogP contribution in [0.25, 0.3) is 0 Å². The minimum absolute atomic E-state index is 0.0567. The van der Waals surface area contributed by atoms with Gasteiger partial charge in [-0.05, 0) is 18.8 Å². The summed E-state index contributed by atoms with van der Waals surface area (Å²) in [7, 11) is 0. The van der Waals surface area contributed by atoms with Gasteiger partial charge in [0.1, 0.15) is 6.54 Å². The molecule has 0 aromatic carbocycles. The van der Waals surface area contributed by atoms with E-state index < -0.39 is 0 Å². The second-order valence-corrected chi connectivity index (χ2v) is 3.32. The smallest absolute Gasteiger partial charge is 0.223 e. The van der Waals surface area contributed by atoms with Crippen molar-refractivity contribution in [2.45, 2.75) is 26.2 Å². The Balaban J connectivity index is 2.16. The van der Waals surface area contributed by atoms with Gasteiger partial charge in [0.05, 0.1) is 6.07 Å². The minimum Gasteiger partial charge on any atom is -0.343 e. The van der Waals surface area contributed by atoms with E-state index >= 15 is 0 Å². The highest BCUT2D eigenvalue weighted by Crippen LogP contribution is 2.35. The van der Waals surface area contributed by atoms with Gasteiger partial charge < -0.3 is 5.32 Å². The van der Waals surface area contributed by atoms with Crippen molar-refractivity contribution in [2.75, 3.05) is 6.54 Å². The average molecular weight is 166 g/mol. The Kier molecular flexibility index (Phi) is 3.09. The fraction of sp³-hybridized carbons (Fsp3) is 0.778. The van der Waals surface area contributed by atoms with Crippen molar-refractivity contribution in [1.82, 2.24) is 5.32 Å². The van der Waals surface area contributed by atoms with Gasteiger partial charge in [-0.15, -0.1) is 0 Å². The predicted octanol–water partition coefficient (Wildman–Crippen LogP) is 1.06. The van der Waals surface area contributed by atoms with E-state index in [1.54, 1.807) is 0 Å². The van der Waals surface area contributed by atoms with Crippen LogP contribution >= 0.6 is 0 Å². The molecule has 0 aromatic rings. The number of hydrogen-bond acceptors (Lipinski definition) is 2. The summed E-state index contributed by atoms with van der Waals surface area (Å²) in [5, 5.41) is 10.8. The lowest BCUT2D eigenvalue weighted by molar-refractivity contribution is -0.128. The summed E-state index contributed by atoms with van der Waals surface area (Å²) in [4.78, 5) is 11.2. The van der Waals surface area contributed by atoms with Crippen LogP contribution < -0.4 is 5.32 Å². The van der Waals surface area contributed by atoms with Crippen LogP contribution in [0.5, 0.6) is 0 Å². The number of amides is 1. The molecule has 1 aliphatic carbocycles. The zero-order valence-corrected chi connectivity index (χ0v) is 7.34. The van der Waals surface area contributed by atoms with Crippen LogP contribution in [0, 0.1) is 23.2 Å². The molecule has 1 saturated carbocycles. The van der Waals surface area contributed by atoms with E-state index in [1.807, 2.05) is 6.07 Å². The third-order valence-electron chi connectivity index (χ3n) is 2.53. The summed E-state index contributed by atoms with van der Waals surface area (Å²) in [6.45, 7) is 2.29. The highest BCUT2D eigenvalue weighted by atomic mass is 16.1. The van der Waals surface area contributed by atoms with E-state index in [0.717, 1.165) is 18.8 Å². The summed E-state index contributed by atoms with van der Waals surface area (Å²) in [5.41, 5.74) is 0. The zero-order chi connectivity index (χ0) is 8.97. The standard InChI is InChI=1S/C9H14N2O/c1-2-7-5-8(6-7)9(12)11-4-3-10/h7-8H,2,4-6H2,1H3,(H,11,12). The Morgan fingerprint density at radius 3 is 2.83 bits per heavy atom. The average Bonchev–Trinajstić information content (AvgIpc) is 1.99. The summed E-state index contributed by atoms with van der Waals surface area (Å²) in [5.74, 6) is 0.979. The van der Waals surface area contributed by atoms with Crippen molar-refractivity contribution in [2.24, 2.45) is 11.8 Å². The van der Waals surface area contributed by atoms with Gasteiger partial charge in [0.25, 0.3) is 0 Å². The van der Waals surface area contributed by atoms with Crippen LogP contribution in [0.1, 0.15) is 26.2 Å². The highest BCUT2D eigenvalue weighted by Gasteiger charge is 2.32. The fourth-order valence-electron chi connectivity index (χ4n) is 1.55. The normalized spacial score (nSPS) is 27.0. The number of carbonyl (C=O) groups excluding carboxylic acids is 1. The molecule has 3 nitrogen and oxygen atoms in total. The van der Waals surface area contributed by atoms with Gasteiger partial charge in [-0.3, -0.25) is 4.79 Å². The van der Waals surface area contributed by atoms with Crippen molar-refractivity contribution < 1.29 is 4.79 Å². The molecule has 0 aliphatic heterocycles. The van der Waals surface area contributed by atoms with Crippen LogP contribution in [0.15, 0.2) is 0 Å². The van der Waals surface area contributed by atoms with Gasteiger partial charge in [0.2, 0.25) is 5.91 Å². The summed E-state index contributed by atoms with van der Waals surface area (Å²) >= 11 is 0. The molecule has 0 atom stereocenters. The van der Waals surface area contributed by atoms with Crippen molar-refractivity contribution in [3.8, 4) is 6.07 Å². The lowest BCUT2D eigenvalue weighted by atomic mass is 9.73. The molecule has 0 radical (unpaired) electrons. The van der Waals surface area contributed by atoms with Crippen LogP contribution in [0.3, 0.4) is 0 Å². The molecule has 0 spiro atoms. The highest BCUT2D eigenvalue weighted by molar-refractivity contribution is 5.79. The van der Waals surface area contributed by atoms with Crippen LogP contribution in [0.2, 0.25) is 0 Å². The molecular formula is C9H14N2O. The third-order valence-corrected chi connectivity index (χ3v) is 2.53. The van der Waals surface area contributed by atoms with Crippen molar-refractivity contribution >= 4 is 5.91 Å². The molecule has 0 unspecified atom stereocenters. The fourth-order valence-corrected chi connectivity index (χ4v) is 1.55. The number of hydrogen-bond donors (Lipinski definition) is 1. The molecule has 1 rings (SSSR count). The number of nitrogens with one attached hydrogen (secondary N) is 1. The SMILES string of the molecule is CCC1CC(C(=O)NCC#N)C1. The van der Waals surface area contributed by atoms with Crippen molar-refractivity contribution in [3.05, 3.63) is 0 Å². The molecule has 1 amide bonds. The first-order valence-electron chi connectivity index (χ1n) is 4.42. The van der Waals surface area contributed by atoms with Crippen molar-refractivity contribution in [3.63, 3.8) is 0 Å². The predicted molar refractivity (Wildman–Crippen MR) is 45.1 cm³/mol. The maximum atomic E-state index is 11.2. The first kappa shape index (κ1) is 9.05. The number of carbonyl (C=O) groups is 1. The Morgan fingerprint density at radius 1 is 1.67 bits per heavy atom. The largest absolute Gasteiger partial charge is 0.343 e. The Labute approximate surface area is 72.8 Å². The monoisotopic (exact) mass is 166 g/mol. The van der Waals surface area contributed by atoms with E-state index in [-0.39, 0.29) is 18.4 Å². The maximum Gasteiger partial charge on any atom is 0.223 e. The van der Waals surface area contributed by atoms with Gasteiger partial charge >= 0.3 is 0 Å². The molecule has 1 fully saturated rings. The molecule has 0 aromatic heterocycles. The lowest BCUT2D eigenvalue weighted by Crippen LogP contribution is -2.38. The quantitative estimate of drug-likeness (QED) is 0.637. The molecule has 1 aliphatic rings. The molecule has 0 saturated heterocycles. The lowest BCUT2D eigenvalue weighted by Gasteiger charge is -2.33. The number of nitrogens with zero attached hydrogens (tertiary/aromatic N) is 1. The Hall–Kier alpha value is -1.04. The number of rotatable bonds is 3. The van der Waals surface area contributed by atoms with Gasteiger partial charge in [0.15, 0.2) is 0 Å². The molecule has 1 N–H and O–H groups in total. The summed E-state index contributed by atoms with van der Waals surface area (Å²) in [6, 6.07) is 1.89. The van der Waals surface area contributed by atoms with Crippen LogP contribution in [0.4, 0.5) is 0 Å². The van der Waals surface area contributed by atoms with Gasteiger partial charge in [-0.2, -0.15) is 5.26 Å². The molecule has 66 valence electrons. The maximum absolute atomic E-state index is 11.2. The molecule has 0 bridgehead atoms. The number of nitriles is 1. The topological polar surface area (TPSA) is 52.9 Å². The van der Waals surface area contributed by atoms with E-state index in [2.05, 4.69) is 12.2 Å². The van der Waals surface area contributed by atoms with Crippen LogP contribution in [-0.4, -0.2) is 12.5 Å². The summed E-state index contributed by atoms with van der Waals surface area (Å²) < 4.78 is 0. The second kappa shape index (κ2) is 4.10. The summed E-state index contributed by atoms with van der Waals surface area (Å²) in [6.07, 6.45) is 3.18. The van der Waals surface area contributed by atoms with E-state index in [9.17, 15) is 4.79 Å². The first-order chi connectivity index (χ1) is 5.77. The first-order valence-corrected chi connectivity index (χ1v) is 4.42. The molecular weight excluding hydrogens is 152 g/mol. The molecule has 3 heteroatoms.